The maximum atomic E-state index is 5.06. The van der Waals surface area contributed by atoms with Crippen molar-refractivity contribution in [3.63, 3.8) is 0 Å². The Morgan fingerprint density at radius 1 is 1.33 bits per heavy atom. The van der Waals surface area contributed by atoms with Gasteiger partial charge in [-0.1, -0.05) is 6.92 Å². The van der Waals surface area contributed by atoms with Crippen molar-refractivity contribution in [1.82, 2.24) is 24.8 Å². The van der Waals surface area contributed by atoms with Crippen molar-refractivity contribution >= 4 is 11.5 Å². The van der Waals surface area contributed by atoms with Gasteiger partial charge < -0.3 is 10.1 Å². The summed E-state index contributed by atoms with van der Waals surface area (Å²) in [5.41, 5.74) is 3.77. The zero-order valence-corrected chi connectivity index (χ0v) is 12.1. The number of H-pyrrole nitrogens is 1. The summed E-state index contributed by atoms with van der Waals surface area (Å²) in [5, 5.41) is 14.8. The number of aromatic nitrogens is 5. The molecular formula is C14H18N6O. The van der Waals surface area contributed by atoms with Gasteiger partial charge in [0.05, 0.1) is 30.7 Å². The summed E-state index contributed by atoms with van der Waals surface area (Å²) in [7, 11) is 1.66. The zero-order valence-electron chi connectivity index (χ0n) is 12.1. The third-order valence-electron chi connectivity index (χ3n) is 3.21. The smallest absolute Gasteiger partial charge is 0.157 e. The van der Waals surface area contributed by atoms with Crippen LogP contribution in [0.1, 0.15) is 24.0 Å². The predicted octanol–water partition coefficient (Wildman–Crippen LogP) is 1.77. The first-order valence-corrected chi connectivity index (χ1v) is 6.89. The number of nitrogens with zero attached hydrogens (tertiary/aromatic N) is 4. The van der Waals surface area contributed by atoms with E-state index in [4.69, 9.17) is 4.74 Å². The monoisotopic (exact) mass is 286 g/mol. The first kappa shape index (κ1) is 13.6. The van der Waals surface area contributed by atoms with E-state index < -0.39 is 0 Å². The van der Waals surface area contributed by atoms with Crippen molar-refractivity contribution in [3.05, 3.63) is 41.5 Å². The molecule has 0 atom stereocenters. The molecule has 0 saturated carbocycles. The highest BCUT2D eigenvalue weighted by Crippen LogP contribution is 2.14. The Morgan fingerprint density at radius 3 is 3.05 bits per heavy atom. The van der Waals surface area contributed by atoms with Gasteiger partial charge in [-0.05, 0) is 12.5 Å². The average Bonchev–Trinajstić information content (AvgIpc) is 3.13. The lowest BCUT2D eigenvalue weighted by molar-refractivity contribution is 0.181. The molecule has 110 valence electrons. The van der Waals surface area contributed by atoms with Crippen molar-refractivity contribution in [2.24, 2.45) is 0 Å². The van der Waals surface area contributed by atoms with Crippen LogP contribution in [0.4, 0.5) is 5.82 Å². The fourth-order valence-corrected chi connectivity index (χ4v) is 2.18. The van der Waals surface area contributed by atoms with E-state index in [1.165, 1.54) is 0 Å². The summed E-state index contributed by atoms with van der Waals surface area (Å²) >= 11 is 0. The second-order valence-electron chi connectivity index (χ2n) is 4.76. The fourth-order valence-electron chi connectivity index (χ4n) is 2.18. The lowest BCUT2D eigenvalue weighted by Crippen LogP contribution is -2.07. The average molecular weight is 286 g/mol. The van der Waals surface area contributed by atoms with E-state index in [1.807, 2.05) is 18.2 Å². The largest absolute Gasteiger partial charge is 0.378 e. The van der Waals surface area contributed by atoms with Crippen molar-refractivity contribution in [3.8, 4) is 0 Å². The minimum absolute atomic E-state index is 0.509. The number of methoxy groups -OCH3 is 1. The number of hydrogen-bond acceptors (Lipinski definition) is 5. The van der Waals surface area contributed by atoms with Gasteiger partial charge in [-0.2, -0.15) is 14.7 Å². The lowest BCUT2D eigenvalue weighted by atomic mass is 10.3. The topological polar surface area (TPSA) is 80.1 Å². The van der Waals surface area contributed by atoms with E-state index in [2.05, 4.69) is 32.5 Å². The highest BCUT2D eigenvalue weighted by Gasteiger charge is 2.06. The fraction of sp³-hybridized carbons (Fsp3) is 0.357. The van der Waals surface area contributed by atoms with Gasteiger partial charge in [0.1, 0.15) is 5.82 Å². The molecule has 0 aromatic carbocycles. The Labute approximate surface area is 122 Å². The SMILES string of the molecule is CCc1cc(NCc2cc(COC)n[nH]2)n2nccc2n1. The molecule has 0 bridgehead atoms. The first-order chi connectivity index (χ1) is 10.3. The Kier molecular flexibility index (Phi) is 3.83. The minimum atomic E-state index is 0.509. The van der Waals surface area contributed by atoms with Gasteiger partial charge in [0.25, 0.3) is 0 Å². The van der Waals surface area contributed by atoms with Gasteiger partial charge in [0, 0.05) is 24.9 Å². The number of aryl methyl sites for hydroxylation is 1. The highest BCUT2D eigenvalue weighted by molar-refractivity contribution is 5.49. The van der Waals surface area contributed by atoms with Crippen LogP contribution in [0.2, 0.25) is 0 Å². The molecule has 3 aromatic heterocycles. The molecule has 0 saturated heterocycles. The second kappa shape index (κ2) is 5.92. The van der Waals surface area contributed by atoms with Gasteiger partial charge in [0.2, 0.25) is 0 Å². The molecule has 21 heavy (non-hydrogen) atoms. The first-order valence-electron chi connectivity index (χ1n) is 6.89. The standard InChI is InChI=1S/C14H18N6O/c1-3-10-7-14(20-13(17-10)4-5-16-20)15-8-11-6-12(9-21-2)19-18-11/h4-7,15H,3,8-9H2,1-2H3,(H,18,19). The van der Waals surface area contributed by atoms with Crippen LogP contribution in [0.15, 0.2) is 24.4 Å². The Morgan fingerprint density at radius 2 is 2.24 bits per heavy atom. The second-order valence-corrected chi connectivity index (χ2v) is 4.76. The number of aromatic amines is 1. The third kappa shape index (κ3) is 2.87. The third-order valence-corrected chi connectivity index (χ3v) is 3.21. The molecule has 2 N–H and O–H groups in total. The van der Waals surface area contributed by atoms with Crippen LogP contribution in [0, 0.1) is 0 Å². The van der Waals surface area contributed by atoms with Crippen LogP contribution >= 0.6 is 0 Å². The minimum Gasteiger partial charge on any atom is -0.378 e. The van der Waals surface area contributed by atoms with Crippen molar-refractivity contribution in [2.75, 3.05) is 12.4 Å². The normalized spacial score (nSPS) is 11.1. The summed E-state index contributed by atoms with van der Waals surface area (Å²) in [6, 6.07) is 5.91. The Hall–Kier alpha value is -2.41. The van der Waals surface area contributed by atoms with Crippen LogP contribution in [-0.4, -0.2) is 31.9 Å². The number of hydrogen-bond donors (Lipinski definition) is 2. The van der Waals surface area contributed by atoms with Gasteiger partial charge >= 0.3 is 0 Å². The number of ether oxygens (including phenoxy) is 1. The molecule has 3 heterocycles. The molecule has 0 unspecified atom stereocenters. The number of nitrogens with one attached hydrogen (secondary N) is 2. The molecule has 0 aliphatic rings. The molecule has 7 heteroatoms. The molecule has 0 amide bonds. The summed E-state index contributed by atoms with van der Waals surface area (Å²) in [4.78, 5) is 4.52. The van der Waals surface area contributed by atoms with E-state index in [0.29, 0.717) is 13.2 Å². The van der Waals surface area contributed by atoms with Crippen LogP contribution in [-0.2, 0) is 24.3 Å². The molecule has 3 rings (SSSR count). The number of rotatable bonds is 6. The van der Waals surface area contributed by atoms with Gasteiger partial charge in [0.15, 0.2) is 5.65 Å². The van der Waals surface area contributed by atoms with E-state index in [9.17, 15) is 0 Å². The van der Waals surface area contributed by atoms with Crippen LogP contribution in [0.25, 0.3) is 5.65 Å². The Bertz CT molecular complexity index is 732. The van der Waals surface area contributed by atoms with Crippen molar-refractivity contribution in [2.45, 2.75) is 26.5 Å². The molecule has 0 spiro atoms. The predicted molar refractivity (Wildman–Crippen MR) is 79.0 cm³/mol. The zero-order chi connectivity index (χ0) is 14.7. The van der Waals surface area contributed by atoms with Crippen molar-refractivity contribution < 1.29 is 4.74 Å². The summed E-state index contributed by atoms with van der Waals surface area (Å²) in [5.74, 6) is 0.921. The van der Waals surface area contributed by atoms with Gasteiger partial charge in [-0.3, -0.25) is 5.10 Å². The summed E-state index contributed by atoms with van der Waals surface area (Å²) < 4.78 is 6.85. The van der Waals surface area contributed by atoms with E-state index >= 15 is 0 Å². The van der Waals surface area contributed by atoms with Crippen molar-refractivity contribution in [1.29, 1.82) is 0 Å². The van der Waals surface area contributed by atoms with Gasteiger partial charge in [-0.25, -0.2) is 4.98 Å². The van der Waals surface area contributed by atoms with Gasteiger partial charge in [-0.15, -0.1) is 0 Å². The molecule has 3 aromatic rings. The maximum absolute atomic E-state index is 5.06. The highest BCUT2D eigenvalue weighted by atomic mass is 16.5. The molecular weight excluding hydrogens is 268 g/mol. The van der Waals surface area contributed by atoms with E-state index in [0.717, 1.165) is 35.0 Å². The van der Waals surface area contributed by atoms with Crippen LogP contribution in [0.5, 0.6) is 0 Å². The van der Waals surface area contributed by atoms with E-state index in [-0.39, 0.29) is 0 Å². The lowest BCUT2D eigenvalue weighted by Gasteiger charge is -2.08. The van der Waals surface area contributed by atoms with Crippen LogP contribution in [0.3, 0.4) is 0 Å². The van der Waals surface area contributed by atoms with Crippen LogP contribution < -0.4 is 5.32 Å². The molecule has 0 fully saturated rings. The molecule has 0 aliphatic heterocycles. The molecule has 0 radical (unpaired) electrons. The molecule has 7 nitrogen and oxygen atoms in total. The summed E-state index contributed by atoms with van der Waals surface area (Å²) in [6.07, 6.45) is 2.64. The number of anilines is 1. The molecule has 0 aliphatic carbocycles. The maximum Gasteiger partial charge on any atom is 0.157 e. The summed E-state index contributed by atoms with van der Waals surface area (Å²) in [6.45, 7) is 3.24. The quantitative estimate of drug-likeness (QED) is 0.722. The van der Waals surface area contributed by atoms with E-state index in [1.54, 1.807) is 17.8 Å². The Balaban J connectivity index is 1.78. The number of fused-ring (bicyclic) bond motifs is 1.